The highest BCUT2D eigenvalue weighted by Gasteiger charge is 1.89. The Morgan fingerprint density at radius 3 is 2.00 bits per heavy atom. The van der Waals surface area contributed by atoms with E-state index in [2.05, 4.69) is 20.8 Å². The van der Waals surface area contributed by atoms with Crippen LogP contribution in [0.4, 0.5) is 0 Å². The summed E-state index contributed by atoms with van der Waals surface area (Å²) >= 11 is 0. The Morgan fingerprint density at radius 1 is 1.12 bits per heavy atom. The Morgan fingerprint density at radius 2 is 1.62 bits per heavy atom. The van der Waals surface area contributed by atoms with Crippen LogP contribution in [0.5, 0.6) is 0 Å². The van der Waals surface area contributed by atoms with Crippen LogP contribution < -0.4 is 0 Å². The van der Waals surface area contributed by atoms with Crippen molar-refractivity contribution in [2.24, 2.45) is 0 Å². The molecule has 0 atom stereocenters. The highest BCUT2D eigenvalue weighted by Crippen LogP contribution is 2.02. The number of hydrogen-bond donors (Lipinski definition) is 0. The molecule has 90 valence electrons. The van der Waals surface area contributed by atoms with Crippen molar-refractivity contribution in [3.63, 3.8) is 0 Å². The van der Waals surface area contributed by atoms with Crippen molar-refractivity contribution in [3.8, 4) is 0 Å². The van der Waals surface area contributed by atoms with Gasteiger partial charge in [0, 0.05) is 5.56 Å². The topological polar surface area (TPSA) is 34.1 Å². The predicted molar refractivity (Wildman–Crippen MR) is 68.9 cm³/mol. The van der Waals surface area contributed by atoms with Crippen LogP contribution in [0.2, 0.25) is 0 Å². The first-order valence-corrected chi connectivity index (χ1v) is 5.63. The number of rotatable bonds is 2. The van der Waals surface area contributed by atoms with Crippen molar-refractivity contribution in [3.05, 3.63) is 35.4 Å². The molecule has 0 unspecified atom stereocenters. The van der Waals surface area contributed by atoms with Gasteiger partial charge in [-0.25, -0.2) is 0 Å². The van der Waals surface area contributed by atoms with Crippen molar-refractivity contribution >= 4 is 12.6 Å². The van der Waals surface area contributed by atoms with Gasteiger partial charge in [-0.2, -0.15) is 0 Å². The summed E-state index contributed by atoms with van der Waals surface area (Å²) in [7, 11) is 0. The first-order valence-electron chi connectivity index (χ1n) is 5.63. The van der Waals surface area contributed by atoms with Gasteiger partial charge < -0.3 is 4.79 Å². The second-order valence-corrected chi connectivity index (χ2v) is 3.16. The molecule has 0 aliphatic rings. The van der Waals surface area contributed by atoms with Gasteiger partial charge in [-0.1, -0.05) is 45.4 Å². The molecule has 0 heterocycles. The van der Waals surface area contributed by atoms with Crippen molar-refractivity contribution in [1.29, 1.82) is 0 Å². The Bertz CT molecular complexity index is 280. The summed E-state index contributed by atoms with van der Waals surface area (Å²) in [4.78, 5) is 19.1. The fraction of sp³-hybridized carbons (Fsp3) is 0.429. The zero-order valence-electron chi connectivity index (χ0n) is 10.7. The van der Waals surface area contributed by atoms with E-state index in [9.17, 15) is 4.79 Å². The second kappa shape index (κ2) is 13.6. The molecule has 1 rings (SSSR count). The number of carbonyl (C=O) groups excluding carboxylic acids is 2. The number of benzene rings is 1. The predicted octanol–water partition coefficient (Wildman–Crippen LogP) is 3.68. The molecule has 1 aromatic rings. The maximum absolute atomic E-state index is 10.3. The van der Waals surface area contributed by atoms with Crippen molar-refractivity contribution in [2.75, 3.05) is 0 Å². The number of aryl methyl sites for hydroxylation is 1. The molecule has 0 N–H and O–H groups in total. The fourth-order valence-corrected chi connectivity index (χ4v) is 0.886. The first kappa shape index (κ1) is 17.0. The smallest absolute Gasteiger partial charge is 0.150 e. The minimum absolute atomic E-state index is 0.750. The van der Waals surface area contributed by atoms with Crippen molar-refractivity contribution in [2.45, 2.75) is 40.5 Å². The first-order chi connectivity index (χ1) is 7.69. The molecular formula is C14H22O2. The van der Waals surface area contributed by atoms with E-state index in [1.54, 1.807) is 0 Å². The van der Waals surface area contributed by atoms with Crippen LogP contribution in [-0.4, -0.2) is 12.6 Å². The molecule has 0 aromatic heterocycles. The van der Waals surface area contributed by atoms with Crippen LogP contribution in [0.25, 0.3) is 0 Å². The number of hydrogen-bond acceptors (Lipinski definition) is 2. The third kappa shape index (κ3) is 10.6. The van der Waals surface area contributed by atoms with E-state index in [-0.39, 0.29) is 0 Å². The molecule has 2 heteroatoms. The van der Waals surface area contributed by atoms with E-state index in [0.29, 0.717) is 0 Å². The van der Waals surface area contributed by atoms with Gasteiger partial charge >= 0.3 is 0 Å². The summed E-state index contributed by atoms with van der Waals surface area (Å²) in [5.74, 6) is 0. The zero-order valence-corrected chi connectivity index (χ0v) is 10.7. The van der Waals surface area contributed by atoms with E-state index in [4.69, 9.17) is 4.79 Å². The van der Waals surface area contributed by atoms with Crippen LogP contribution in [0.3, 0.4) is 0 Å². The van der Waals surface area contributed by atoms with Crippen LogP contribution in [-0.2, 0) is 11.2 Å². The highest BCUT2D eigenvalue weighted by atomic mass is 16.1. The standard InChI is InChI=1S/C9H10O.C3H8.C2H4O/c1-2-8-4-3-5-9(6-8)7-10;1-3-2;1-2-3/h3-7H,2H2,1H3;3H2,1-2H3;2H,1H3. The van der Waals surface area contributed by atoms with Crippen LogP contribution >= 0.6 is 0 Å². The van der Waals surface area contributed by atoms with E-state index >= 15 is 0 Å². The molecule has 0 fully saturated rings. The minimum Gasteiger partial charge on any atom is -0.304 e. The lowest BCUT2D eigenvalue weighted by Crippen LogP contribution is -1.82. The highest BCUT2D eigenvalue weighted by molar-refractivity contribution is 5.74. The van der Waals surface area contributed by atoms with Crippen molar-refractivity contribution in [1.82, 2.24) is 0 Å². The molecule has 0 saturated heterocycles. The Kier molecular flexibility index (Phi) is 14.4. The molecule has 0 radical (unpaired) electrons. The number of carbonyl (C=O) groups is 2. The summed E-state index contributed by atoms with van der Waals surface area (Å²) in [6, 6.07) is 7.65. The van der Waals surface area contributed by atoms with Gasteiger partial charge in [0.15, 0.2) is 0 Å². The molecule has 0 aliphatic heterocycles. The van der Waals surface area contributed by atoms with E-state index in [1.807, 2.05) is 24.3 Å². The monoisotopic (exact) mass is 222 g/mol. The summed E-state index contributed by atoms with van der Waals surface area (Å²) < 4.78 is 0. The molecule has 0 bridgehead atoms. The van der Waals surface area contributed by atoms with Crippen LogP contribution in [0, 0.1) is 0 Å². The minimum atomic E-state index is 0.750. The molecule has 0 amide bonds. The summed E-state index contributed by atoms with van der Waals surface area (Å²) in [6.45, 7) is 7.77. The fourth-order valence-electron chi connectivity index (χ4n) is 0.886. The van der Waals surface area contributed by atoms with E-state index in [0.717, 1.165) is 24.6 Å². The maximum atomic E-state index is 10.3. The lowest BCUT2D eigenvalue weighted by Gasteiger charge is -1.94. The molecule has 16 heavy (non-hydrogen) atoms. The third-order valence-electron chi connectivity index (χ3n) is 1.50. The molecule has 2 nitrogen and oxygen atoms in total. The second-order valence-electron chi connectivity index (χ2n) is 3.16. The quantitative estimate of drug-likeness (QED) is 0.715. The Labute approximate surface area is 98.7 Å². The lowest BCUT2D eigenvalue weighted by molar-refractivity contribution is -0.106. The summed E-state index contributed by atoms with van der Waals surface area (Å²) in [5, 5.41) is 0. The molecular weight excluding hydrogens is 200 g/mol. The Balaban J connectivity index is 0. The average Bonchev–Trinajstić information content (AvgIpc) is 2.31. The van der Waals surface area contributed by atoms with Crippen molar-refractivity contribution < 1.29 is 9.59 Å². The molecule has 1 aromatic carbocycles. The Hall–Kier alpha value is -1.44. The van der Waals surface area contributed by atoms with Gasteiger partial charge in [0.25, 0.3) is 0 Å². The number of aldehydes is 2. The van der Waals surface area contributed by atoms with Gasteiger partial charge in [-0.3, -0.25) is 4.79 Å². The normalized spacial score (nSPS) is 7.75. The van der Waals surface area contributed by atoms with Gasteiger partial charge in [-0.15, -0.1) is 0 Å². The average molecular weight is 222 g/mol. The van der Waals surface area contributed by atoms with Gasteiger partial charge in [0.2, 0.25) is 0 Å². The van der Waals surface area contributed by atoms with Gasteiger partial charge in [0.1, 0.15) is 12.6 Å². The maximum Gasteiger partial charge on any atom is 0.150 e. The van der Waals surface area contributed by atoms with E-state index in [1.165, 1.54) is 18.9 Å². The molecule has 0 saturated carbocycles. The summed E-state index contributed by atoms with van der Waals surface area (Å²) in [6.07, 6.45) is 3.86. The lowest BCUT2D eigenvalue weighted by atomic mass is 10.1. The summed E-state index contributed by atoms with van der Waals surface area (Å²) in [5.41, 5.74) is 1.98. The molecule has 0 spiro atoms. The third-order valence-corrected chi connectivity index (χ3v) is 1.50. The van der Waals surface area contributed by atoms with Gasteiger partial charge in [-0.05, 0) is 25.0 Å². The van der Waals surface area contributed by atoms with Gasteiger partial charge in [0.05, 0.1) is 0 Å². The van der Waals surface area contributed by atoms with E-state index < -0.39 is 0 Å². The van der Waals surface area contributed by atoms with Crippen LogP contribution in [0.1, 0.15) is 50.0 Å². The largest absolute Gasteiger partial charge is 0.304 e. The zero-order chi connectivity index (χ0) is 12.8. The van der Waals surface area contributed by atoms with Crippen LogP contribution in [0.15, 0.2) is 24.3 Å². The SMILES string of the molecule is CC=O.CCC.CCc1cccc(C=O)c1. The molecule has 0 aliphatic carbocycles.